The van der Waals surface area contributed by atoms with Gasteiger partial charge in [-0.2, -0.15) is 0 Å². The van der Waals surface area contributed by atoms with E-state index >= 15 is 0 Å². The highest BCUT2D eigenvalue weighted by molar-refractivity contribution is 6.08. The summed E-state index contributed by atoms with van der Waals surface area (Å²) in [7, 11) is 0. The van der Waals surface area contributed by atoms with Crippen LogP contribution in [0.1, 0.15) is 13.8 Å². The molecule has 0 fully saturated rings. The first kappa shape index (κ1) is 12.4. The lowest BCUT2D eigenvalue weighted by Crippen LogP contribution is -2.29. The molecule has 0 bridgehead atoms. The number of esters is 2. The second kappa shape index (κ2) is 6.88. The summed E-state index contributed by atoms with van der Waals surface area (Å²) in [5.41, 5.74) is 0. The molecule has 0 saturated carbocycles. The van der Waals surface area contributed by atoms with Crippen LogP contribution in [0.4, 0.5) is 0 Å². The number of carbonyl (C=O) groups excluding carboxylic acids is 2. The molecule has 6 nitrogen and oxygen atoms in total. The van der Waals surface area contributed by atoms with Gasteiger partial charge in [-0.25, -0.2) is 0 Å². The predicted molar refractivity (Wildman–Crippen MR) is 47.0 cm³/mol. The topological polar surface area (TPSA) is 85.2 Å². The molecule has 80 valence electrons. The van der Waals surface area contributed by atoms with Crippen LogP contribution in [0.2, 0.25) is 0 Å². The van der Waals surface area contributed by atoms with Gasteiger partial charge in [0, 0.05) is 0 Å². The van der Waals surface area contributed by atoms with Gasteiger partial charge in [0.2, 0.25) is 0 Å². The fourth-order valence-electron chi connectivity index (χ4n) is 0.749. The number of hydrogen-bond acceptors (Lipinski definition) is 6. The molecule has 0 aliphatic rings. The first-order valence-corrected chi connectivity index (χ1v) is 4.18. The third-order valence-electron chi connectivity index (χ3n) is 1.30. The maximum Gasteiger partial charge on any atom is 0.326 e. The van der Waals surface area contributed by atoms with Gasteiger partial charge < -0.3 is 14.7 Å². The van der Waals surface area contributed by atoms with E-state index in [2.05, 4.69) is 14.6 Å². The summed E-state index contributed by atoms with van der Waals surface area (Å²) in [5.74, 6) is -2.87. The third-order valence-corrected chi connectivity index (χ3v) is 1.30. The van der Waals surface area contributed by atoms with Crippen LogP contribution in [0, 0.1) is 5.92 Å². The normalized spacial score (nSPS) is 10.5. The van der Waals surface area contributed by atoms with Gasteiger partial charge in [-0.3, -0.25) is 9.59 Å². The Balaban J connectivity index is 4.42. The number of carbonyl (C=O) groups is 2. The molecule has 0 saturated heterocycles. The number of hydrogen-bond donors (Lipinski definition) is 1. The lowest BCUT2D eigenvalue weighted by Gasteiger charge is -2.08. The van der Waals surface area contributed by atoms with Crippen molar-refractivity contribution in [3.8, 4) is 0 Å². The Morgan fingerprint density at radius 2 is 1.71 bits per heavy atom. The van der Waals surface area contributed by atoms with Crippen LogP contribution >= 0.6 is 0 Å². The predicted octanol–water partition coefficient (Wildman–Crippen LogP) is 0.189. The molecule has 0 rings (SSSR count). The van der Waals surface area contributed by atoms with Gasteiger partial charge in [-0.1, -0.05) is 0 Å². The number of ether oxygens (including phenoxy) is 2. The molecule has 0 aliphatic carbocycles. The molecular weight excluding hydrogens is 190 g/mol. The van der Waals surface area contributed by atoms with Crippen molar-refractivity contribution in [1.82, 2.24) is 0 Å². The van der Waals surface area contributed by atoms with Crippen LogP contribution in [0.3, 0.4) is 0 Å². The largest absolute Gasteiger partial charge is 0.465 e. The fourth-order valence-corrected chi connectivity index (χ4v) is 0.749. The molecule has 0 unspecified atom stereocenters. The van der Waals surface area contributed by atoms with Gasteiger partial charge >= 0.3 is 11.9 Å². The zero-order chi connectivity index (χ0) is 11.0. The van der Waals surface area contributed by atoms with Gasteiger partial charge in [-0.05, 0) is 13.8 Å². The van der Waals surface area contributed by atoms with E-state index < -0.39 is 17.9 Å². The monoisotopic (exact) mass is 203 g/mol. The summed E-state index contributed by atoms with van der Waals surface area (Å²) in [4.78, 5) is 22.2. The van der Waals surface area contributed by atoms with Gasteiger partial charge in [-0.15, -0.1) is 5.16 Å². The van der Waals surface area contributed by atoms with Gasteiger partial charge in [0.05, 0.1) is 19.4 Å². The molecular formula is C8H13NO5. The lowest BCUT2D eigenvalue weighted by molar-refractivity contribution is -0.157. The van der Waals surface area contributed by atoms with Crippen molar-refractivity contribution in [2.45, 2.75) is 13.8 Å². The Hall–Kier alpha value is -1.59. The molecule has 0 aliphatic heterocycles. The molecule has 0 atom stereocenters. The van der Waals surface area contributed by atoms with Gasteiger partial charge in [0.1, 0.15) is 0 Å². The fraction of sp³-hybridized carbons (Fsp3) is 0.625. The average Bonchev–Trinajstić information content (AvgIpc) is 2.14. The zero-order valence-corrected chi connectivity index (χ0v) is 8.10. The molecule has 6 heteroatoms. The van der Waals surface area contributed by atoms with E-state index in [0.717, 1.165) is 6.21 Å². The first-order valence-electron chi connectivity index (χ1n) is 4.18. The number of nitrogens with zero attached hydrogens (tertiary/aromatic N) is 1. The quantitative estimate of drug-likeness (QED) is 0.226. The van der Waals surface area contributed by atoms with Crippen molar-refractivity contribution in [1.29, 1.82) is 0 Å². The van der Waals surface area contributed by atoms with E-state index in [0.29, 0.717) is 0 Å². The Morgan fingerprint density at radius 3 is 2.00 bits per heavy atom. The summed E-state index contributed by atoms with van der Waals surface area (Å²) in [6.45, 7) is 3.51. The zero-order valence-electron chi connectivity index (χ0n) is 8.10. The summed E-state index contributed by atoms with van der Waals surface area (Å²) < 4.78 is 9.16. The van der Waals surface area contributed by atoms with Crippen LogP contribution in [-0.4, -0.2) is 36.6 Å². The van der Waals surface area contributed by atoms with E-state index in [4.69, 9.17) is 5.21 Å². The SMILES string of the molecule is CCOC(=O)C(/C=N\O)C(=O)OCC. The Labute approximate surface area is 81.5 Å². The Morgan fingerprint density at radius 1 is 1.29 bits per heavy atom. The average molecular weight is 203 g/mol. The van der Waals surface area contributed by atoms with Crippen LogP contribution in [0.15, 0.2) is 5.16 Å². The molecule has 0 heterocycles. The molecule has 1 N–H and O–H groups in total. The maximum absolute atomic E-state index is 11.1. The summed E-state index contributed by atoms with van der Waals surface area (Å²) in [6.07, 6.45) is 0.774. The molecule has 0 spiro atoms. The highest BCUT2D eigenvalue weighted by atomic mass is 16.6. The molecule has 0 amide bonds. The summed E-state index contributed by atoms with van der Waals surface area (Å²) >= 11 is 0. The minimum atomic E-state index is -1.29. The second-order valence-corrected chi connectivity index (χ2v) is 2.25. The van der Waals surface area contributed by atoms with Crippen molar-refractivity contribution in [2.24, 2.45) is 11.1 Å². The standard InChI is InChI=1S/C8H13NO5/c1-3-13-7(10)6(5-9-12)8(11)14-4-2/h5-6,12H,3-4H2,1-2H3/b9-5-. The van der Waals surface area contributed by atoms with E-state index in [-0.39, 0.29) is 13.2 Å². The number of rotatable bonds is 5. The van der Waals surface area contributed by atoms with Crippen molar-refractivity contribution < 1.29 is 24.3 Å². The molecule has 0 aromatic carbocycles. The van der Waals surface area contributed by atoms with Crippen molar-refractivity contribution >= 4 is 18.2 Å². The molecule has 0 aromatic heterocycles. The molecule has 0 radical (unpaired) electrons. The minimum absolute atomic E-state index is 0.147. The smallest absolute Gasteiger partial charge is 0.326 e. The van der Waals surface area contributed by atoms with Crippen LogP contribution < -0.4 is 0 Å². The Bertz CT molecular complexity index is 208. The minimum Gasteiger partial charge on any atom is -0.465 e. The van der Waals surface area contributed by atoms with Crippen LogP contribution in [-0.2, 0) is 19.1 Å². The van der Waals surface area contributed by atoms with Crippen LogP contribution in [0.25, 0.3) is 0 Å². The van der Waals surface area contributed by atoms with Gasteiger partial charge in [0.15, 0.2) is 5.92 Å². The molecule has 0 aromatic rings. The highest BCUT2D eigenvalue weighted by Gasteiger charge is 2.27. The number of oxime groups is 1. The second-order valence-electron chi connectivity index (χ2n) is 2.25. The first-order chi connectivity index (χ1) is 6.67. The van der Waals surface area contributed by atoms with Crippen molar-refractivity contribution in [3.63, 3.8) is 0 Å². The molecule has 14 heavy (non-hydrogen) atoms. The van der Waals surface area contributed by atoms with E-state index in [9.17, 15) is 9.59 Å². The lowest BCUT2D eigenvalue weighted by atomic mass is 10.2. The van der Waals surface area contributed by atoms with Crippen molar-refractivity contribution in [3.05, 3.63) is 0 Å². The van der Waals surface area contributed by atoms with Gasteiger partial charge in [0.25, 0.3) is 0 Å². The van der Waals surface area contributed by atoms with E-state index in [1.165, 1.54) is 0 Å². The van der Waals surface area contributed by atoms with E-state index in [1.807, 2.05) is 0 Å². The van der Waals surface area contributed by atoms with E-state index in [1.54, 1.807) is 13.8 Å². The Kier molecular flexibility index (Phi) is 6.09. The maximum atomic E-state index is 11.1. The van der Waals surface area contributed by atoms with Crippen LogP contribution in [0.5, 0.6) is 0 Å². The van der Waals surface area contributed by atoms with Crippen molar-refractivity contribution in [2.75, 3.05) is 13.2 Å². The summed E-state index contributed by atoms with van der Waals surface area (Å²) in [6, 6.07) is 0. The summed E-state index contributed by atoms with van der Waals surface area (Å²) in [5, 5.41) is 10.8. The highest BCUT2D eigenvalue weighted by Crippen LogP contribution is 2.00. The third kappa shape index (κ3) is 3.88.